The minimum absolute atomic E-state index is 0.494. The van der Waals surface area contributed by atoms with Crippen LogP contribution in [0.1, 0.15) is 23.6 Å². The number of hydrogen-bond acceptors (Lipinski definition) is 3. The molecule has 0 fully saturated rings. The van der Waals surface area contributed by atoms with E-state index in [2.05, 4.69) is 25.1 Å². The second-order valence-corrected chi connectivity index (χ2v) is 4.71. The van der Waals surface area contributed by atoms with Gasteiger partial charge in [-0.2, -0.15) is 5.26 Å². The van der Waals surface area contributed by atoms with Crippen molar-refractivity contribution in [1.82, 2.24) is 0 Å². The van der Waals surface area contributed by atoms with Gasteiger partial charge in [0.1, 0.15) is 12.4 Å². The Morgan fingerprint density at radius 3 is 2.52 bits per heavy atom. The Morgan fingerprint density at radius 2 is 1.81 bits per heavy atom. The van der Waals surface area contributed by atoms with E-state index < -0.39 is 0 Å². The highest BCUT2D eigenvalue weighted by Gasteiger charge is 1.97. The average molecular weight is 281 g/mol. The molecule has 0 aliphatic carbocycles. The Labute approximate surface area is 125 Å². The topological polar surface area (TPSA) is 42.2 Å². The summed E-state index contributed by atoms with van der Waals surface area (Å²) in [7, 11) is 0. The fraction of sp³-hybridized carbons (Fsp3) is 0.278. The summed E-state index contributed by atoms with van der Waals surface area (Å²) in [6.45, 7) is 3.66. The summed E-state index contributed by atoms with van der Waals surface area (Å²) in [5.41, 5.74) is 2.96. The van der Waals surface area contributed by atoms with Crippen molar-refractivity contribution in [3.63, 3.8) is 0 Å². The molecule has 0 aromatic heterocycles. The fourth-order valence-corrected chi connectivity index (χ4v) is 1.96. The average Bonchev–Trinajstić information content (AvgIpc) is 2.55. The Hall–Kier alpha value is -2.31. The van der Waals surface area contributed by atoms with E-state index in [1.165, 1.54) is 5.56 Å². The van der Waals surface area contributed by atoms with Crippen molar-refractivity contribution in [2.24, 2.45) is 0 Å². The molecule has 108 valence electrons. The van der Waals surface area contributed by atoms with Crippen molar-refractivity contribution >= 4 is 0 Å². The first-order chi connectivity index (χ1) is 10.3. The zero-order chi connectivity index (χ0) is 14.9. The molecule has 0 spiro atoms. The monoisotopic (exact) mass is 281 g/mol. The third kappa shape index (κ3) is 4.94. The maximum Gasteiger partial charge on any atom is 0.119 e. The van der Waals surface area contributed by atoms with Gasteiger partial charge in [0.2, 0.25) is 0 Å². The van der Waals surface area contributed by atoms with Crippen molar-refractivity contribution in [2.45, 2.75) is 20.0 Å². The molecule has 2 aromatic carbocycles. The molecule has 0 amide bonds. The number of benzene rings is 2. The molecule has 0 aliphatic rings. The molecule has 0 bridgehead atoms. The molecule has 0 aliphatic heterocycles. The molecule has 0 atom stereocenters. The largest absolute Gasteiger partial charge is 0.491 e. The summed E-state index contributed by atoms with van der Waals surface area (Å²) in [4.78, 5) is 0. The van der Waals surface area contributed by atoms with Gasteiger partial charge in [-0.15, -0.1) is 0 Å². The standard InChI is InChI=1S/C18H19NO2/c1-2-15-6-8-18(9-7-15)21-11-10-20-14-17-5-3-4-16(12-17)13-19/h3-9,12H,2,10-11,14H2,1H3. The van der Waals surface area contributed by atoms with Gasteiger partial charge in [0.25, 0.3) is 0 Å². The lowest BCUT2D eigenvalue weighted by molar-refractivity contribution is 0.0889. The van der Waals surface area contributed by atoms with Crippen LogP contribution in [-0.2, 0) is 17.8 Å². The number of ether oxygens (including phenoxy) is 2. The van der Waals surface area contributed by atoms with E-state index in [1.54, 1.807) is 6.07 Å². The van der Waals surface area contributed by atoms with E-state index in [0.29, 0.717) is 25.4 Å². The van der Waals surface area contributed by atoms with E-state index in [4.69, 9.17) is 14.7 Å². The Kier molecular flexibility index (Phi) is 5.81. The fourth-order valence-electron chi connectivity index (χ4n) is 1.96. The second-order valence-electron chi connectivity index (χ2n) is 4.71. The van der Waals surface area contributed by atoms with Gasteiger partial charge in [0.15, 0.2) is 0 Å². The van der Waals surface area contributed by atoms with Crippen LogP contribution in [0.4, 0.5) is 0 Å². The number of nitriles is 1. The normalized spacial score (nSPS) is 10.1. The van der Waals surface area contributed by atoms with Crippen molar-refractivity contribution in [3.8, 4) is 11.8 Å². The van der Waals surface area contributed by atoms with E-state index in [9.17, 15) is 0 Å². The minimum Gasteiger partial charge on any atom is -0.491 e. The van der Waals surface area contributed by atoms with E-state index >= 15 is 0 Å². The Balaban J connectivity index is 1.68. The SMILES string of the molecule is CCc1ccc(OCCOCc2cccc(C#N)c2)cc1. The molecular formula is C18H19NO2. The van der Waals surface area contributed by atoms with Crippen molar-refractivity contribution < 1.29 is 9.47 Å². The number of nitrogens with zero attached hydrogens (tertiary/aromatic N) is 1. The summed E-state index contributed by atoms with van der Waals surface area (Å²) < 4.78 is 11.2. The minimum atomic E-state index is 0.494. The summed E-state index contributed by atoms with van der Waals surface area (Å²) in [5, 5.41) is 8.82. The molecule has 2 aromatic rings. The van der Waals surface area contributed by atoms with Gasteiger partial charge in [-0.25, -0.2) is 0 Å². The van der Waals surface area contributed by atoms with E-state index in [-0.39, 0.29) is 0 Å². The zero-order valence-electron chi connectivity index (χ0n) is 12.2. The summed E-state index contributed by atoms with van der Waals surface area (Å²) in [5.74, 6) is 0.863. The molecule has 3 nitrogen and oxygen atoms in total. The molecule has 2 rings (SSSR count). The summed E-state index contributed by atoms with van der Waals surface area (Å²) in [6.07, 6.45) is 1.03. The molecule has 3 heteroatoms. The molecule has 0 saturated carbocycles. The highest BCUT2D eigenvalue weighted by Crippen LogP contribution is 2.12. The molecule has 0 radical (unpaired) electrons. The predicted octanol–water partition coefficient (Wildman–Crippen LogP) is 3.72. The van der Waals surface area contributed by atoms with E-state index in [0.717, 1.165) is 17.7 Å². The maximum absolute atomic E-state index is 8.82. The maximum atomic E-state index is 8.82. The molecule has 0 unspecified atom stereocenters. The van der Waals surface area contributed by atoms with Gasteiger partial charge in [-0.1, -0.05) is 31.2 Å². The quantitative estimate of drug-likeness (QED) is 0.726. The Morgan fingerprint density at radius 1 is 1.00 bits per heavy atom. The van der Waals surface area contributed by atoms with Gasteiger partial charge in [0.05, 0.1) is 24.8 Å². The lowest BCUT2D eigenvalue weighted by atomic mass is 10.1. The van der Waals surface area contributed by atoms with Crippen molar-refractivity contribution in [3.05, 3.63) is 65.2 Å². The number of hydrogen-bond donors (Lipinski definition) is 0. The van der Waals surface area contributed by atoms with Gasteiger partial charge in [0, 0.05) is 0 Å². The van der Waals surface area contributed by atoms with Crippen LogP contribution < -0.4 is 4.74 Å². The first-order valence-corrected chi connectivity index (χ1v) is 7.10. The van der Waals surface area contributed by atoms with Gasteiger partial charge in [-0.3, -0.25) is 0 Å². The second kappa shape index (κ2) is 8.08. The highest BCUT2D eigenvalue weighted by atomic mass is 16.5. The van der Waals surface area contributed by atoms with Gasteiger partial charge in [-0.05, 0) is 41.8 Å². The van der Waals surface area contributed by atoms with Crippen LogP contribution >= 0.6 is 0 Å². The molecule has 21 heavy (non-hydrogen) atoms. The molecule has 0 saturated heterocycles. The lowest BCUT2D eigenvalue weighted by Crippen LogP contribution is -2.06. The molecular weight excluding hydrogens is 262 g/mol. The third-order valence-electron chi connectivity index (χ3n) is 3.15. The van der Waals surface area contributed by atoms with Crippen LogP contribution in [-0.4, -0.2) is 13.2 Å². The molecule has 0 heterocycles. The van der Waals surface area contributed by atoms with Crippen LogP contribution in [0.25, 0.3) is 0 Å². The smallest absolute Gasteiger partial charge is 0.119 e. The number of aryl methyl sites for hydroxylation is 1. The van der Waals surface area contributed by atoms with Crippen LogP contribution in [0.15, 0.2) is 48.5 Å². The van der Waals surface area contributed by atoms with Crippen molar-refractivity contribution in [1.29, 1.82) is 5.26 Å². The highest BCUT2D eigenvalue weighted by molar-refractivity contribution is 5.32. The van der Waals surface area contributed by atoms with Crippen LogP contribution in [0.2, 0.25) is 0 Å². The van der Waals surface area contributed by atoms with Gasteiger partial charge < -0.3 is 9.47 Å². The molecule has 0 N–H and O–H groups in total. The van der Waals surface area contributed by atoms with Gasteiger partial charge >= 0.3 is 0 Å². The first-order valence-electron chi connectivity index (χ1n) is 7.10. The first kappa shape index (κ1) is 15.1. The summed E-state index contributed by atoms with van der Waals surface area (Å²) in [6, 6.07) is 17.7. The third-order valence-corrected chi connectivity index (χ3v) is 3.15. The predicted molar refractivity (Wildman–Crippen MR) is 82.1 cm³/mol. The van der Waals surface area contributed by atoms with Crippen molar-refractivity contribution in [2.75, 3.05) is 13.2 Å². The Bertz CT molecular complexity index is 599. The zero-order valence-corrected chi connectivity index (χ0v) is 12.2. The van der Waals surface area contributed by atoms with E-state index in [1.807, 2.05) is 30.3 Å². The lowest BCUT2D eigenvalue weighted by Gasteiger charge is -2.08. The van der Waals surface area contributed by atoms with Crippen LogP contribution in [0.3, 0.4) is 0 Å². The number of rotatable bonds is 7. The van der Waals surface area contributed by atoms with Crippen LogP contribution in [0, 0.1) is 11.3 Å². The van der Waals surface area contributed by atoms with Crippen LogP contribution in [0.5, 0.6) is 5.75 Å². The summed E-state index contributed by atoms with van der Waals surface area (Å²) >= 11 is 0.